The molecular formula is C24H30N6O6S. The molecule has 2 aliphatic rings. The number of hydrogen-bond acceptors (Lipinski definition) is 9. The highest BCUT2D eigenvalue weighted by Crippen LogP contribution is 2.60. The van der Waals surface area contributed by atoms with Crippen LogP contribution in [0.2, 0.25) is 0 Å². The molecule has 4 rings (SSSR count). The van der Waals surface area contributed by atoms with Crippen LogP contribution in [0.1, 0.15) is 39.2 Å². The number of nitro benzene ring substituents is 2. The van der Waals surface area contributed by atoms with Crippen molar-refractivity contribution in [1.29, 1.82) is 0 Å². The summed E-state index contributed by atoms with van der Waals surface area (Å²) >= 11 is 0. The summed E-state index contributed by atoms with van der Waals surface area (Å²) in [4.78, 5) is 23.0. The molecule has 12 nitrogen and oxygen atoms in total. The topological polar surface area (TPSA) is 151 Å². The Balaban J connectivity index is 1.70. The number of nitrogens with one attached hydrogen (secondary N) is 1. The molecule has 2 fully saturated rings. The maximum absolute atomic E-state index is 13.8. The predicted molar refractivity (Wildman–Crippen MR) is 141 cm³/mol. The van der Waals surface area contributed by atoms with Crippen LogP contribution >= 0.6 is 0 Å². The van der Waals surface area contributed by atoms with E-state index in [1.54, 1.807) is 25.1 Å². The van der Waals surface area contributed by atoms with Crippen LogP contribution in [0.15, 0.2) is 46.4 Å². The number of hydrogen-bond donors (Lipinski definition) is 1. The van der Waals surface area contributed by atoms with Crippen LogP contribution in [0.5, 0.6) is 0 Å². The highest BCUT2D eigenvalue weighted by atomic mass is 32.2. The quantitative estimate of drug-likeness (QED) is 0.303. The van der Waals surface area contributed by atoms with E-state index in [4.69, 9.17) is 0 Å². The van der Waals surface area contributed by atoms with Crippen molar-refractivity contribution in [3.63, 3.8) is 0 Å². The molecule has 1 N–H and O–H groups in total. The fraction of sp³-hybridized carbons (Fsp3) is 0.458. The first-order valence-electron chi connectivity index (χ1n) is 11.7. The van der Waals surface area contributed by atoms with Crippen LogP contribution in [0.4, 0.5) is 22.7 Å². The molecular weight excluding hydrogens is 500 g/mol. The van der Waals surface area contributed by atoms with Crippen molar-refractivity contribution in [3.05, 3.63) is 62.2 Å². The van der Waals surface area contributed by atoms with Gasteiger partial charge in [-0.3, -0.25) is 25.7 Å². The SMILES string of the molecule is CN(C)c1ccc([N+](=O)[O-])cc1/C=N\Nc1ccc([N+](=O)[O-])cc1S(=O)(=O)N1C[C@@]2(C)C[C@H]1CC2(C)C. The van der Waals surface area contributed by atoms with Gasteiger partial charge in [0.25, 0.3) is 11.4 Å². The van der Waals surface area contributed by atoms with E-state index >= 15 is 0 Å². The zero-order valence-electron chi connectivity index (χ0n) is 21.3. The van der Waals surface area contributed by atoms with Gasteiger partial charge in [0.15, 0.2) is 0 Å². The predicted octanol–water partition coefficient (Wildman–Crippen LogP) is 4.21. The first kappa shape index (κ1) is 26.5. The molecule has 2 bridgehead atoms. The molecule has 13 heteroatoms. The molecule has 2 aromatic rings. The van der Waals surface area contributed by atoms with Gasteiger partial charge < -0.3 is 4.90 Å². The summed E-state index contributed by atoms with van der Waals surface area (Å²) in [7, 11) is -0.532. The third-order valence-corrected chi connectivity index (χ3v) is 9.77. The lowest BCUT2D eigenvalue weighted by atomic mass is 9.69. The fourth-order valence-corrected chi connectivity index (χ4v) is 7.25. The lowest BCUT2D eigenvalue weighted by molar-refractivity contribution is -0.385. The van der Waals surface area contributed by atoms with Gasteiger partial charge in [0.05, 0.1) is 21.7 Å². The van der Waals surface area contributed by atoms with Crippen molar-refractivity contribution in [2.45, 2.75) is 44.6 Å². The molecule has 2 aromatic carbocycles. The standard InChI is InChI=1S/C24H30N6O6S/c1-23(2)12-19-13-24(23,3)15-28(19)37(35,36)22-11-18(30(33)34)6-8-20(22)26-25-14-16-10-17(29(31)32)7-9-21(16)27(4)5/h6-11,14,19,26H,12-13,15H2,1-5H3/b25-14-/t19-,24-/m1/s1. The second kappa shape index (κ2) is 9.06. The van der Waals surface area contributed by atoms with Crippen molar-refractivity contribution in [3.8, 4) is 0 Å². The Bertz CT molecular complexity index is 1400. The number of fused-ring (bicyclic) bond motifs is 2. The Hall–Kier alpha value is -3.58. The number of benzene rings is 2. The van der Waals surface area contributed by atoms with Gasteiger partial charge in [-0.1, -0.05) is 20.8 Å². The fourth-order valence-electron chi connectivity index (χ4n) is 5.33. The van der Waals surface area contributed by atoms with E-state index in [2.05, 4.69) is 31.3 Å². The Labute approximate surface area is 215 Å². The number of rotatable bonds is 8. The monoisotopic (exact) mass is 530 g/mol. The van der Waals surface area contributed by atoms with Crippen LogP contribution < -0.4 is 10.3 Å². The molecule has 1 aliphatic carbocycles. The molecule has 0 unspecified atom stereocenters. The minimum Gasteiger partial charge on any atom is -0.377 e. The number of anilines is 2. The van der Waals surface area contributed by atoms with E-state index in [-0.39, 0.29) is 38.8 Å². The van der Waals surface area contributed by atoms with Gasteiger partial charge >= 0.3 is 0 Å². The minimum atomic E-state index is -4.08. The number of piperidine rings is 1. The molecule has 1 saturated carbocycles. The molecule has 1 heterocycles. The largest absolute Gasteiger partial charge is 0.377 e. The highest BCUT2D eigenvalue weighted by Gasteiger charge is 2.60. The van der Waals surface area contributed by atoms with Crippen LogP contribution in [-0.2, 0) is 10.0 Å². The maximum Gasteiger partial charge on any atom is 0.270 e. The molecule has 1 aliphatic heterocycles. The van der Waals surface area contributed by atoms with Crippen molar-refractivity contribution >= 4 is 39.0 Å². The molecule has 0 spiro atoms. The minimum absolute atomic E-state index is 0.0137. The molecule has 0 radical (unpaired) electrons. The molecule has 198 valence electrons. The number of hydrazone groups is 1. The van der Waals surface area contributed by atoms with E-state index in [1.165, 1.54) is 34.8 Å². The zero-order valence-corrected chi connectivity index (χ0v) is 22.2. The van der Waals surface area contributed by atoms with Gasteiger partial charge in [-0.2, -0.15) is 9.41 Å². The third-order valence-electron chi connectivity index (χ3n) is 7.83. The maximum atomic E-state index is 13.8. The van der Waals surface area contributed by atoms with Gasteiger partial charge in [-0.25, -0.2) is 8.42 Å². The number of nitrogens with zero attached hydrogens (tertiary/aromatic N) is 5. The lowest BCUT2D eigenvalue weighted by Crippen LogP contribution is -2.46. The number of sulfonamides is 1. The summed E-state index contributed by atoms with van der Waals surface area (Å²) in [6.45, 7) is 6.70. The molecule has 0 amide bonds. The average molecular weight is 531 g/mol. The van der Waals surface area contributed by atoms with Gasteiger partial charge in [0.1, 0.15) is 4.90 Å². The summed E-state index contributed by atoms with van der Waals surface area (Å²) in [5.41, 5.74) is 3.19. The van der Waals surface area contributed by atoms with E-state index in [0.29, 0.717) is 24.2 Å². The Morgan fingerprint density at radius 2 is 1.68 bits per heavy atom. The normalized spacial score (nSPS) is 22.9. The van der Waals surface area contributed by atoms with E-state index in [0.717, 1.165) is 12.5 Å². The van der Waals surface area contributed by atoms with Gasteiger partial charge in [0, 0.05) is 62.2 Å². The Morgan fingerprint density at radius 3 is 2.22 bits per heavy atom. The van der Waals surface area contributed by atoms with Gasteiger partial charge in [-0.15, -0.1) is 0 Å². The second-order valence-electron chi connectivity index (χ2n) is 10.8. The first-order valence-corrected chi connectivity index (χ1v) is 13.2. The van der Waals surface area contributed by atoms with E-state index in [9.17, 15) is 28.6 Å². The summed E-state index contributed by atoms with van der Waals surface area (Å²) in [5, 5.41) is 26.8. The van der Waals surface area contributed by atoms with Crippen LogP contribution in [0.25, 0.3) is 0 Å². The third kappa shape index (κ3) is 4.64. The van der Waals surface area contributed by atoms with Gasteiger partial charge in [-0.05, 0) is 35.8 Å². The smallest absolute Gasteiger partial charge is 0.270 e. The van der Waals surface area contributed by atoms with E-state index in [1.807, 2.05) is 0 Å². The summed E-state index contributed by atoms with van der Waals surface area (Å²) in [5.74, 6) is 0. The average Bonchev–Trinajstić information content (AvgIpc) is 3.27. The summed E-state index contributed by atoms with van der Waals surface area (Å²) < 4.78 is 29.1. The molecule has 1 saturated heterocycles. The Kier molecular flexibility index (Phi) is 6.49. The summed E-state index contributed by atoms with van der Waals surface area (Å²) in [6.07, 6.45) is 2.79. The van der Waals surface area contributed by atoms with Crippen LogP contribution in [0, 0.1) is 31.1 Å². The zero-order chi connectivity index (χ0) is 27.3. The number of nitro groups is 2. The Morgan fingerprint density at radius 1 is 1.05 bits per heavy atom. The van der Waals surface area contributed by atoms with Crippen molar-refractivity contribution < 1.29 is 18.3 Å². The summed E-state index contributed by atoms with van der Waals surface area (Å²) in [6, 6.07) is 7.70. The lowest BCUT2D eigenvalue weighted by Gasteiger charge is -2.42. The molecule has 37 heavy (non-hydrogen) atoms. The van der Waals surface area contributed by atoms with Crippen molar-refractivity contribution in [2.75, 3.05) is 31.0 Å². The highest BCUT2D eigenvalue weighted by molar-refractivity contribution is 7.89. The molecule has 0 aromatic heterocycles. The van der Waals surface area contributed by atoms with Gasteiger partial charge in [0.2, 0.25) is 10.0 Å². The number of non-ortho nitro benzene ring substituents is 2. The second-order valence-corrected chi connectivity index (χ2v) is 12.6. The first-order chi connectivity index (χ1) is 17.2. The van der Waals surface area contributed by atoms with Crippen LogP contribution in [-0.4, -0.2) is 55.5 Å². The molecule has 2 atom stereocenters. The van der Waals surface area contributed by atoms with Crippen molar-refractivity contribution in [2.24, 2.45) is 15.9 Å². The van der Waals surface area contributed by atoms with E-state index < -0.39 is 19.9 Å². The van der Waals surface area contributed by atoms with Crippen LogP contribution in [0.3, 0.4) is 0 Å². The van der Waals surface area contributed by atoms with Crippen molar-refractivity contribution in [1.82, 2.24) is 4.31 Å².